The molecule has 0 atom stereocenters. The average molecular weight is 437 g/mol. The number of carbonyl (C=O) groups excluding carboxylic acids is 1. The van der Waals surface area contributed by atoms with Crippen molar-refractivity contribution in [3.8, 4) is 0 Å². The topological polar surface area (TPSA) is 49.3 Å². The molecule has 0 saturated carbocycles. The van der Waals surface area contributed by atoms with Crippen LogP contribution in [0.4, 0.5) is 5.82 Å². The van der Waals surface area contributed by atoms with Crippen molar-refractivity contribution in [2.24, 2.45) is 0 Å². The lowest BCUT2D eigenvalue weighted by Crippen LogP contribution is -2.35. The highest BCUT2D eigenvalue weighted by Crippen LogP contribution is 2.25. The van der Waals surface area contributed by atoms with Crippen LogP contribution in [0.5, 0.6) is 0 Å². The van der Waals surface area contributed by atoms with Crippen molar-refractivity contribution in [3.63, 3.8) is 0 Å². The predicted molar refractivity (Wildman–Crippen MR) is 132 cm³/mol. The molecule has 3 rings (SSSR count). The first-order chi connectivity index (χ1) is 15.5. The molecule has 1 saturated heterocycles. The third-order valence-electron chi connectivity index (χ3n) is 6.45. The summed E-state index contributed by atoms with van der Waals surface area (Å²) in [6.07, 6.45) is 8.44. The van der Waals surface area contributed by atoms with E-state index in [2.05, 4.69) is 59.8 Å². The van der Waals surface area contributed by atoms with E-state index in [0.717, 1.165) is 62.8 Å². The summed E-state index contributed by atoms with van der Waals surface area (Å²) in [6.45, 7) is 11.8. The molecule has 32 heavy (non-hydrogen) atoms. The van der Waals surface area contributed by atoms with Gasteiger partial charge in [0.15, 0.2) is 0 Å². The quantitative estimate of drug-likeness (QED) is 0.494. The van der Waals surface area contributed by atoms with Crippen LogP contribution < -0.4 is 4.90 Å². The molecule has 5 heteroatoms. The van der Waals surface area contributed by atoms with Gasteiger partial charge in [0.05, 0.1) is 0 Å². The van der Waals surface area contributed by atoms with Gasteiger partial charge in [0.1, 0.15) is 11.6 Å². The second kappa shape index (κ2) is 12.0. The van der Waals surface area contributed by atoms with Gasteiger partial charge in [-0.15, -0.1) is 0 Å². The van der Waals surface area contributed by atoms with E-state index in [1.807, 2.05) is 6.92 Å². The minimum absolute atomic E-state index is 0.318. The lowest BCUT2D eigenvalue weighted by atomic mass is 10.0. The van der Waals surface area contributed by atoms with Gasteiger partial charge < -0.3 is 9.80 Å². The molecule has 1 aliphatic rings. The van der Waals surface area contributed by atoms with E-state index in [0.29, 0.717) is 12.3 Å². The molecule has 5 nitrogen and oxygen atoms in total. The average Bonchev–Trinajstić information content (AvgIpc) is 3.03. The Balaban J connectivity index is 1.67. The summed E-state index contributed by atoms with van der Waals surface area (Å²) in [4.78, 5) is 26.7. The number of nitrogens with zero attached hydrogens (tertiary/aromatic N) is 4. The maximum atomic E-state index is 12.8. The van der Waals surface area contributed by atoms with Gasteiger partial charge in [0, 0.05) is 50.3 Å². The van der Waals surface area contributed by atoms with E-state index in [4.69, 9.17) is 4.98 Å². The van der Waals surface area contributed by atoms with Crippen LogP contribution in [-0.4, -0.2) is 47.0 Å². The summed E-state index contributed by atoms with van der Waals surface area (Å²) in [5, 5.41) is 0. The van der Waals surface area contributed by atoms with Crippen LogP contribution >= 0.6 is 0 Å². The summed E-state index contributed by atoms with van der Waals surface area (Å²) >= 11 is 0. The van der Waals surface area contributed by atoms with E-state index < -0.39 is 0 Å². The summed E-state index contributed by atoms with van der Waals surface area (Å²) in [6, 6.07) is 8.72. The monoisotopic (exact) mass is 436 g/mol. The second-order valence-electron chi connectivity index (χ2n) is 9.21. The van der Waals surface area contributed by atoms with Crippen molar-refractivity contribution in [1.29, 1.82) is 0 Å². The Kier molecular flexibility index (Phi) is 9.07. The summed E-state index contributed by atoms with van der Waals surface area (Å²) in [5.41, 5.74) is 4.81. The summed E-state index contributed by atoms with van der Waals surface area (Å²) < 4.78 is 0. The Labute approximate surface area is 194 Å². The number of benzene rings is 1. The highest BCUT2D eigenvalue weighted by molar-refractivity contribution is 5.76. The number of unbranched alkanes of at least 4 members (excludes halogenated alkanes) is 4. The number of aromatic nitrogens is 2. The maximum absolute atomic E-state index is 12.8. The molecule has 0 radical (unpaired) electrons. The minimum Gasteiger partial charge on any atom is -0.354 e. The highest BCUT2D eigenvalue weighted by Gasteiger charge is 2.23. The van der Waals surface area contributed by atoms with E-state index in [1.54, 1.807) is 0 Å². The van der Waals surface area contributed by atoms with Crippen molar-refractivity contribution >= 4 is 11.7 Å². The van der Waals surface area contributed by atoms with Crippen LogP contribution in [0, 0.1) is 20.8 Å². The molecule has 0 spiro atoms. The first-order valence-electron chi connectivity index (χ1n) is 12.4. The fraction of sp³-hybridized carbons (Fsp3) is 0.593. The molecular formula is C27H40N4O. The Morgan fingerprint density at radius 1 is 0.906 bits per heavy atom. The molecule has 2 aromatic rings. The number of amides is 1. The number of hydrogen-bond donors (Lipinski definition) is 0. The fourth-order valence-corrected chi connectivity index (χ4v) is 4.51. The number of aryl methyl sites for hydroxylation is 3. The van der Waals surface area contributed by atoms with Crippen molar-refractivity contribution in [3.05, 3.63) is 52.5 Å². The summed E-state index contributed by atoms with van der Waals surface area (Å²) in [7, 11) is 0. The lowest BCUT2D eigenvalue weighted by molar-refractivity contribution is -0.131. The zero-order chi connectivity index (χ0) is 22.9. The van der Waals surface area contributed by atoms with E-state index in [1.165, 1.54) is 42.4 Å². The molecule has 0 N–H and O–H groups in total. The van der Waals surface area contributed by atoms with Crippen LogP contribution in [0.25, 0.3) is 0 Å². The normalized spacial score (nSPS) is 14.5. The molecule has 1 aromatic carbocycles. The van der Waals surface area contributed by atoms with Gasteiger partial charge in [-0.1, -0.05) is 62.4 Å². The van der Waals surface area contributed by atoms with Gasteiger partial charge in [-0.3, -0.25) is 4.79 Å². The Bertz CT molecular complexity index is 878. The van der Waals surface area contributed by atoms with Gasteiger partial charge in [0.25, 0.3) is 0 Å². The van der Waals surface area contributed by atoms with Gasteiger partial charge in [-0.2, -0.15) is 0 Å². The van der Waals surface area contributed by atoms with Gasteiger partial charge in [-0.25, -0.2) is 9.97 Å². The first-order valence-corrected chi connectivity index (χ1v) is 12.4. The minimum atomic E-state index is 0.318. The fourth-order valence-electron chi connectivity index (χ4n) is 4.51. The molecule has 0 aliphatic carbocycles. The van der Waals surface area contributed by atoms with Crippen LogP contribution in [0.1, 0.15) is 80.1 Å². The standard InChI is InChI=1S/C27H40N4O/c1-5-6-7-8-9-11-26(32)30-16-10-17-31(19-18-30)27-25(22(3)28-23(4)29-27)20-24-14-12-21(2)13-15-24/h12-15H,5-11,16-20H2,1-4H3. The smallest absolute Gasteiger partial charge is 0.222 e. The van der Waals surface area contributed by atoms with E-state index in [-0.39, 0.29) is 0 Å². The first kappa shape index (κ1) is 24.2. The molecule has 1 aromatic heterocycles. The van der Waals surface area contributed by atoms with Gasteiger partial charge in [-0.05, 0) is 39.2 Å². The van der Waals surface area contributed by atoms with Crippen molar-refractivity contribution in [1.82, 2.24) is 14.9 Å². The van der Waals surface area contributed by atoms with E-state index in [9.17, 15) is 4.79 Å². The number of rotatable bonds is 9. The van der Waals surface area contributed by atoms with Crippen LogP contribution in [0.3, 0.4) is 0 Å². The molecule has 1 fully saturated rings. The number of hydrogen-bond acceptors (Lipinski definition) is 4. The third kappa shape index (κ3) is 6.78. The predicted octanol–water partition coefficient (Wildman–Crippen LogP) is 5.39. The molecule has 174 valence electrons. The van der Waals surface area contributed by atoms with Crippen LogP contribution in [-0.2, 0) is 11.2 Å². The summed E-state index contributed by atoms with van der Waals surface area (Å²) in [5.74, 6) is 2.18. The van der Waals surface area contributed by atoms with Gasteiger partial charge >= 0.3 is 0 Å². The molecule has 1 amide bonds. The Morgan fingerprint density at radius 2 is 1.66 bits per heavy atom. The third-order valence-corrected chi connectivity index (χ3v) is 6.45. The molecular weight excluding hydrogens is 396 g/mol. The number of carbonyl (C=O) groups is 1. The lowest BCUT2D eigenvalue weighted by Gasteiger charge is -2.26. The van der Waals surface area contributed by atoms with Crippen LogP contribution in [0.15, 0.2) is 24.3 Å². The maximum Gasteiger partial charge on any atom is 0.222 e. The SMILES string of the molecule is CCCCCCCC(=O)N1CCCN(c2nc(C)nc(C)c2Cc2ccc(C)cc2)CC1. The zero-order valence-electron chi connectivity index (χ0n) is 20.5. The Hall–Kier alpha value is -2.43. The molecule has 2 heterocycles. The largest absolute Gasteiger partial charge is 0.354 e. The molecule has 1 aliphatic heterocycles. The molecule has 0 unspecified atom stereocenters. The van der Waals surface area contributed by atoms with Crippen molar-refractivity contribution in [2.75, 3.05) is 31.1 Å². The molecule has 0 bridgehead atoms. The van der Waals surface area contributed by atoms with Crippen molar-refractivity contribution < 1.29 is 4.79 Å². The second-order valence-corrected chi connectivity index (χ2v) is 9.21. The van der Waals surface area contributed by atoms with E-state index >= 15 is 0 Å². The van der Waals surface area contributed by atoms with Crippen molar-refractivity contribution in [2.45, 2.75) is 79.1 Å². The highest BCUT2D eigenvalue weighted by atomic mass is 16.2. The van der Waals surface area contributed by atoms with Crippen LogP contribution in [0.2, 0.25) is 0 Å². The Morgan fingerprint density at radius 3 is 2.41 bits per heavy atom. The van der Waals surface area contributed by atoms with Gasteiger partial charge in [0.2, 0.25) is 5.91 Å². The number of anilines is 1. The zero-order valence-corrected chi connectivity index (χ0v) is 20.5.